The van der Waals surface area contributed by atoms with Crippen molar-refractivity contribution in [2.24, 2.45) is 0 Å². The van der Waals surface area contributed by atoms with Gasteiger partial charge in [0.05, 0.1) is 11.0 Å². The maximum atomic E-state index is 4.76. The Kier molecular flexibility index (Phi) is 4.31. The molecular weight excluding hydrogens is 302 g/mol. The number of hydrogen-bond donors (Lipinski definition) is 1. The molecule has 104 valence electrons. The number of rotatable bonds is 4. The zero-order valence-electron chi connectivity index (χ0n) is 12.1. The third-order valence-electron chi connectivity index (χ3n) is 3.11. The molecule has 1 aromatic carbocycles. The lowest BCUT2D eigenvalue weighted by atomic mass is 10.1. The van der Waals surface area contributed by atoms with Gasteiger partial charge in [0.2, 0.25) is 0 Å². The molecule has 0 saturated heterocycles. The summed E-state index contributed by atoms with van der Waals surface area (Å²) in [4.78, 5) is 4.76. The summed E-state index contributed by atoms with van der Waals surface area (Å²) in [6.45, 7) is 10.6. The van der Waals surface area contributed by atoms with E-state index in [2.05, 4.69) is 71.7 Å². The van der Waals surface area contributed by atoms with E-state index in [1.165, 1.54) is 5.52 Å². The van der Waals surface area contributed by atoms with Gasteiger partial charge in [-0.05, 0) is 45.9 Å². The van der Waals surface area contributed by atoms with Gasteiger partial charge in [0.1, 0.15) is 5.82 Å². The molecule has 0 unspecified atom stereocenters. The van der Waals surface area contributed by atoms with Gasteiger partial charge in [0.15, 0.2) is 0 Å². The van der Waals surface area contributed by atoms with Crippen LogP contribution in [0, 0.1) is 0 Å². The van der Waals surface area contributed by atoms with E-state index in [1.54, 1.807) is 0 Å². The molecule has 0 radical (unpaired) electrons. The lowest BCUT2D eigenvalue weighted by Crippen LogP contribution is -2.37. The second kappa shape index (κ2) is 5.63. The van der Waals surface area contributed by atoms with E-state index in [1.807, 2.05) is 0 Å². The van der Waals surface area contributed by atoms with Crippen molar-refractivity contribution in [1.82, 2.24) is 14.9 Å². The quantitative estimate of drug-likeness (QED) is 0.928. The van der Waals surface area contributed by atoms with E-state index < -0.39 is 0 Å². The first-order valence-corrected chi connectivity index (χ1v) is 7.59. The molecule has 1 heterocycles. The predicted octanol–water partition coefficient (Wildman–Crippen LogP) is 3.75. The summed E-state index contributed by atoms with van der Waals surface area (Å²) in [5.41, 5.74) is 2.45. The molecule has 2 aromatic rings. The molecular formula is C15H22BrN3. The number of nitrogens with zero attached hydrogens (tertiary/aromatic N) is 2. The van der Waals surface area contributed by atoms with Crippen LogP contribution in [0.15, 0.2) is 22.7 Å². The van der Waals surface area contributed by atoms with E-state index in [9.17, 15) is 0 Å². The Labute approximate surface area is 123 Å². The fraction of sp³-hybridized carbons (Fsp3) is 0.533. The highest BCUT2D eigenvalue weighted by atomic mass is 79.9. The fourth-order valence-corrected chi connectivity index (χ4v) is 2.59. The average molecular weight is 324 g/mol. The Morgan fingerprint density at radius 2 is 2.05 bits per heavy atom. The molecule has 4 heteroatoms. The van der Waals surface area contributed by atoms with Crippen LogP contribution in [0.1, 0.15) is 33.5 Å². The lowest BCUT2D eigenvalue weighted by Gasteiger charge is -2.20. The summed E-state index contributed by atoms with van der Waals surface area (Å²) in [5, 5.41) is 3.51. The van der Waals surface area contributed by atoms with Crippen molar-refractivity contribution in [3.05, 3.63) is 28.5 Å². The molecule has 0 aliphatic carbocycles. The van der Waals surface area contributed by atoms with Gasteiger partial charge >= 0.3 is 0 Å². The molecule has 19 heavy (non-hydrogen) atoms. The second-order valence-corrected chi connectivity index (χ2v) is 6.75. The Morgan fingerprint density at radius 3 is 2.68 bits per heavy atom. The topological polar surface area (TPSA) is 29.9 Å². The molecule has 0 spiro atoms. The monoisotopic (exact) mass is 323 g/mol. The van der Waals surface area contributed by atoms with Crippen LogP contribution in [0.25, 0.3) is 11.0 Å². The van der Waals surface area contributed by atoms with E-state index in [4.69, 9.17) is 4.98 Å². The molecule has 0 atom stereocenters. The predicted molar refractivity (Wildman–Crippen MR) is 84.6 cm³/mol. The van der Waals surface area contributed by atoms with E-state index >= 15 is 0 Å². The van der Waals surface area contributed by atoms with Gasteiger partial charge in [-0.2, -0.15) is 0 Å². The molecule has 1 N–H and O–H groups in total. The van der Waals surface area contributed by atoms with Crippen LogP contribution in [0.3, 0.4) is 0 Å². The van der Waals surface area contributed by atoms with Crippen LogP contribution < -0.4 is 5.32 Å². The van der Waals surface area contributed by atoms with Crippen LogP contribution in [-0.2, 0) is 13.0 Å². The van der Waals surface area contributed by atoms with Gasteiger partial charge in [-0.3, -0.25) is 0 Å². The minimum absolute atomic E-state index is 0.159. The van der Waals surface area contributed by atoms with Crippen LogP contribution in [0.2, 0.25) is 0 Å². The van der Waals surface area contributed by atoms with Crippen molar-refractivity contribution in [3.63, 3.8) is 0 Å². The van der Waals surface area contributed by atoms with E-state index in [0.717, 1.165) is 35.3 Å². The maximum absolute atomic E-state index is 4.76. The fourth-order valence-electron chi connectivity index (χ4n) is 2.25. The largest absolute Gasteiger partial charge is 0.328 e. The number of aromatic nitrogens is 2. The van der Waals surface area contributed by atoms with Gasteiger partial charge in [0, 0.05) is 29.5 Å². The number of halogens is 1. The number of nitrogens with one attached hydrogen (secondary N) is 1. The summed E-state index contributed by atoms with van der Waals surface area (Å²) >= 11 is 3.51. The van der Waals surface area contributed by atoms with Gasteiger partial charge in [0.25, 0.3) is 0 Å². The van der Waals surface area contributed by atoms with Crippen LogP contribution in [0.5, 0.6) is 0 Å². The molecule has 0 bridgehead atoms. The highest BCUT2D eigenvalue weighted by molar-refractivity contribution is 9.10. The van der Waals surface area contributed by atoms with Gasteiger partial charge < -0.3 is 9.88 Å². The minimum Gasteiger partial charge on any atom is -0.328 e. The van der Waals surface area contributed by atoms with E-state index in [-0.39, 0.29) is 5.54 Å². The zero-order chi connectivity index (χ0) is 14.0. The Bertz CT molecular complexity index is 567. The first-order chi connectivity index (χ1) is 8.90. The Morgan fingerprint density at radius 1 is 1.32 bits per heavy atom. The summed E-state index contributed by atoms with van der Waals surface area (Å²) in [7, 11) is 0. The van der Waals surface area contributed by atoms with Gasteiger partial charge in [-0.1, -0.05) is 15.9 Å². The lowest BCUT2D eigenvalue weighted by molar-refractivity contribution is 0.425. The average Bonchev–Trinajstić information content (AvgIpc) is 2.63. The highest BCUT2D eigenvalue weighted by Crippen LogP contribution is 2.21. The molecule has 2 rings (SSSR count). The van der Waals surface area contributed by atoms with Crippen molar-refractivity contribution in [2.75, 3.05) is 6.54 Å². The van der Waals surface area contributed by atoms with Crippen LogP contribution >= 0.6 is 15.9 Å². The third-order valence-corrected chi connectivity index (χ3v) is 3.60. The molecule has 0 fully saturated rings. The van der Waals surface area contributed by atoms with Crippen molar-refractivity contribution in [1.29, 1.82) is 0 Å². The number of fused-ring (bicyclic) bond motifs is 1. The first kappa shape index (κ1) is 14.5. The molecule has 1 aromatic heterocycles. The molecule has 3 nitrogen and oxygen atoms in total. The number of hydrogen-bond acceptors (Lipinski definition) is 2. The van der Waals surface area contributed by atoms with Gasteiger partial charge in [-0.25, -0.2) is 4.98 Å². The highest BCUT2D eigenvalue weighted by Gasteiger charge is 2.12. The van der Waals surface area contributed by atoms with Crippen molar-refractivity contribution in [3.8, 4) is 0 Å². The van der Waals surface area contributed by atoms with Crippen molar-refractivity contribution >= 4 is 27.0 Å². The van der Waals surface area contributed by atoms with Crippen molar-refractivity contribution in [2.45, 2.75) is 46.2 Å². The Balaban J connectivity index is 2.22. The number of imidazole rings is 1. The summed E-state index contributed by atoms with van der Waals surface area (Å²) in [6, 6.07) is 6.30. The zero-order valence-corrected chi connectivity index (χ0v) is 13.7. The maximum Gasteiger partial charge on any atom is 0.111 e. The molecule has 0 aliphatic rings. The number of aryl methyl sites for hydroxylation is 1. The minimum atomic E-state index is 0.159. The third kappa shape index (κ3) is 3.57. The summed E-state index contributed by atoms with van der Waals surface area (Å²) in [6.07, 6.45) is 0.956. The number of benzene rings is 1. The van der Waals surface area contributed by atoms with Crippen LogP contribution in [-0.4, -0.2) is 21.6 Å². The van der Waals surface area contributed by atoms with E-state index in [0.29, 0.717) is 0 Å². The summed E-state index contributed by atoms with van der Waals surface area (Å²) < 4.78 is 3.38. The molecule has 0 amide bonds. The summed E-state index contributed by atoms with van der Waals surface area (Å²) in [5.74, 6) is 1.16. The van der Waals surface area contributed by atoms with Gasteiger partial charge in [-0.15, -0.1) is 0 Å². The Hall–Kier alpha value is -0.870. The van der Waals surface area contributed by atoms with Crippen molar-refractivity contribution < 1.29 is 0 Å². The molecule has 0 aliphatic heterocycles. The van der Waals surface area contributed by atoms with Crippen LogP contribution in [0.4, 0.5) is 0 Å². The SMILES string of the molecule is CCn1c(CCNC(C)(C)C)nc2cc(Br)ccc21. The second-order valence-electron chi connectivity index (χ2n) is 5.83. The standard InChI is InChI=1S/C15H22BrN3/c1-5-19-13-7-6-11(16)10-12(13)18-14(19)8-9-17-15(2,3)4/h6-7,10,17H,5,8-9H2,1-4H3. The smallest absolute Gasteiger partial charge is 0.111 e. The molecule has 0 saturated carbocycles. The normalized spacial score (nSPS) is 12.3. The first-order valence-electron chi connectivity index (χ1n) is 6.80.